The molecule has 2 rings (SSSR count). The van der Waals surface area contributed by atoms with Crippen LogP contribution in [0.15, 0.2) is 24.3 Å². The first-order valence-corrected chi connectivity index (χ1v) is 6.45. The number of fused-ring (bicyclic) bond motifs is 1. The highest BCUT2D eigenvalue weighted by Gasteiger charge is 2.24. The molecule has 5 heteroatoms. The van der Waals surface area contributed by atoms with Crippen LogP contribution in [0.3, 0.4) is 0 Å². The number of benzene rings is 1. The summed E-state index contributed by atoms with van der Waals surface area (Å²) in [6.07, 6.45) is 0. The largest absolute Gasteiger partial charge is 0.368 e. The lowest BCUT2D eigenvalue weighted by atomic mass is 10.1. The fraction of sp³-hybridized carbons (Fsp3) is 0.429. The Hall–Kier alpha value is -1.88. The van der Waals surface area contributed by atoms with Crippen LogP contribution in [0.5, 0.6) is 0 Å². The number of rotatable bonds is 5. The summed E-state index contributed by atoms with van der Waals surface area (Å²) in [6.45, 7) is 6.98. The Morgan fingerprint density at radius 2 is 2.11 bits per heavy atom. The summed E-state index contributed by atoms with van der Waals surface area (Å²) >= 11 is 0. The molecule has 19 heavy (non-hydrogen) atoms. The molecule has 1 aromatic carbocycles. The zero-order valence-electron chi connectivity index (χ0n) is 11.6. The van der Waals surface area contributed by atoms with E-state index in [-0.39, 0.29) is 5.91 Å². The lowest BCUT2D eigenvalue weighted by Gasteiger charge is -2.22. The summed E-state index contributed by atoms with van der Waals surface area (Å²) in [5.41, 5.74) is 6.69. The second-order valence-electron chi connectivity index (χ2n) is 5.10. The summed E-state index contributed by atoms with van der Waals surface area (Å²) in [5.74, 6) is 0.546. The third kappa shape index (κ3) is 2.61. The van der Waals surface area contributed by atoms with Gasteiger partial charge in [-0.25, -0.2) is 4.98 Å². The van der Waals surface area contributed by atoms with Crippen molar-refractivity contribution in [2.24, 2.45) is 5.73 Å². The third-order valence-corrected chi connectivity index (χ3v) is 3.35. The average molecular weight is 260 g/mol. The lowest BCUT2D eigenvalue weighted by Crippen LogP contribution is -2.50. The fourth-order valence-corrected chi connectivity index (χ4v) is 2.00. The summed E-state index contributed by atoms with van der Waals surface area (Å²) in [4.78, 5) is 15.9. The van der Waals surface area contributed by atoms with E-state index in [9.17, 15) is 4.79 Å². The van der Waals surface area contributed by atoms with Gasteiger partial charge >= 0.3 is 0 Å². The van der Waals surface area contributed by atoms with Gasteiger partial charge in [0.25, 0.3) is 0 Å². The Morgan fingerprint density at radius 1 is 1.42 bits per heavy atom. The number of amides is 1. The van der Waals surface area contributed by atoms with E-state index < -0.39 is 5.54 Å². The van der Waals surface area contributed by atoms with Crippen molar-refractivity contribution in [1.29, 1.82) is 0 Å². The van der Waals surface area contributed by atoms with E-state index in [0.717, 1.165) is 23.4 Å². The second-order valence-corrected chi connectivity index (χ2v) is 5.10. The van der Waals surface area contributed by atoms with Gasteiger partial charge in [-0.05, 0) is 32.9 Å². The van der Waals surface area contributed by atoms with Crippen LogP contribution in [0.4, 0.5) is 0 Å². The molecule has 0 atom stereocenters. The summed E-state index contributed by atoms with van der Waals surface area (Å²) in [5, 5.41) is 3.15. The quantitative estimate of drug-likeness (QED) is 0.853. The van der Waals surface area contributed by atoms with Gasteiger partial charge < -0.3 is 10.3 Å². The van der Waals surface area contributed by atoms with E-state index >= 15 is 0 Å². The van der Waals surface area contributed by atoms with Crippen molar-refractivity contribution in [3.63, 3.8) is 0 Å². The van der Waals surface area contributed by atoms with Crippen LogP contribution >= 0.6 is 0 Å². The van der Waals surface area contributed by atoms with Crippen molar-refractivity contribution in [2.75, 3.05) is 0 Å². The molecule has 0 bridgehead atoms. The molecular formula is C14H20N4O. The first-order chi connectivity index (χ1) is 8.95. The minimum absolute atomic E-state index is 0.369. The van der Waals surface area contributed by atoms with Crippen LogP contribution in [-0.4, -0.2) is 21.0 Å². The third-order valence-electron chi connectivity index (χ3n) is 3.35. The molecule has 0 aliphatic rings. The minimum Gasteiger partial charge on any atom is -0.368 e. The molecular weight excluding hydrogens is 240 g/mol. The first-order valence-electron chi connectivity index (χ1n) is 6.45. The molecule has 0 radical (unpaired) electrons. The number of hydrogen-bond donors (Lipinski definition) is 2. The van der Waals surface area contributed by atoms with E-state index in [1.165, 1.54) is 0 Å². The number of nitrogens with zero attached hydrogens (tertiary/aromatic N) is 2. The van der Waals surface area contributed by atoms with Gasteiger partial charge in [0.1, 0.15) is 5.82 Å². The number of aromatic nitrogens is 2. The number of carbonyl (C=O) groups excluding carboxylic acids is 1. The molecule has 1 heterocycles. The van der Waals surface area contributed by atoms with Crippen molar-refractivity contribution in [2.45, 2.75) is 39.4 Å². The van der Waals surface area contributed by atoms with Gasteiger partial charge in [0.2, 0.25) is 5.91 Å². The van der Waals surface area contributed by atoms with E-state index in [2.05, 4.69) is 27.9 Å². The van der Waals surface area contributed by atoms with Gasteiger partial charge in [0.05, 0.1) is 23.1 Å². The molecule has 3 N–H and O–H groups in total. The van der Waals surface area contributed by atoms with E-state index in [1.807, 2.05) is 18.2 Å². The Labute approximate surface area is 112 Å². The molecule has 0 saturated carbocycles. The number of hydrogen-bond acceptors (Lipinski definition) is 3. The van der Waals surface area contributed by atoms with E-state index in [0.29, 0.717) is 6.54 Å². The topological polar surface area (TPSA) is 72.9 Å². The van der Waals surface area contributed by atoms with E-state index in [4.69, 9.17) is 5.73 Å². The standard InChI is InChI=1S/C14H20N4O/c1-4-18-11-8-6-5-7-10(11)17-12(18)9-16-14(2,3)13(15)19/h5-8,16H,4,9H2,1-3H3,(H2,15,19). The van der Waals surface area contributed by atoms with Gasteiger partial charge in [0.15, 0.2) is 0 Å². The molecule has 0 aliphatic heterocycles. The Kier molecular flexibility index (Phi) is 3.57. The van der Waals surface area contributed by atoms with Crippen molar-refractivity contribution >= 4 is 16.9 Å². The predicted octanol–water partition coefficient (Wildman–Crippen LogP) is 1.41. The SMILES string of the molecule is CCn1c(CNC(C)(C)C(N)=O)nc2ccccc21. The number of nitrogens with one attached hydrogen (secondary N) is 1. The second kappa shape index (κ2) is 5.01. The maximum absolute atomic E-state index is 11.3. The maximum atomic E-state index is 11.3. The van der Waals surface area contributed by atoms with Crippen LogP contribution in [0, 0.1) is 0 Å². The van der Waals surface area contributed by atoms with Gasteiger partial charge in [-0.1, -0.05) is 12.1 Å². The molecule has 102 valence electrons. The number of primary amides is 1. The molecule has 0 saturated heterocycles. The lowest BCUT2D eigenvalue weighted by molar-refractivity contribution is -0.123. The zero-order valence-corrected chi connectivity index (χ0v) is 11.6. The number of para-hydroxylation sites is 2. The fourth-order valence-electron chi connectivity index (χ4n) is 2.00. The van der Waals surface area contributed by atoms with Gasteiger partial charge in [-0.3, -0.25) is 10.1 Å². The highest BCUT2D eigenvalue weighted by atomic mass is 16.1. The Morgan fingerprint density at radius 3 is 2.74 bits per heavy atom. The van der Waals surface area contributed by atoms with Crippen LogP contribution in [0.1, 0.15) is 26.6 Å². The summed E-state index contributed by atoms with van der Waals surface area (Å²) in [7, 11) is 0. The van der Waals surface area contributed by atoms with E-state index in [1.54, 1.807) is 13.8 Å². The van der Waals surface area contributed by atoms with Gasteiger partial charge in [-0.2, -0.15) is 0 Å². The van der Waals surface area contributed by atoms with Crippen LogP contribution in [0.2, 0.25) is 0 Å². The van der Waals surface area contributed by atoms with Crippen LogP contribution in [-0.2, 0) is 17.9 Å². The van der Waals surface area contributed by atoms with Crippen molar-refractivity contribution < 1.29 is 4.79 Å². The predicted molar refractivity (Wildman–Crippen MR) is 75.5 cm³/mol. The molecule has 2 aromatic rings. The maximum Gasteiger partial charge on any atom is 0.237 e. The highest BCUT2D eigenvalue weighted by molar-refractivity contribution is 5.83. The Balaban J connectivity index is 2.28. The monoisotopic (exact) mass is 260 g/mol. The molecule has 0 aliphatic carbocycles. The van der Waals surface area contributed by atoms with Crippen LogP contribution < -0.4 is 11.1 Å². The minimum atomic E-state index is -0.739. The smallest absolute Gasteiger partial charge is 0.237 e. The first kappa shape index (κ1) is 13.5. The molecule has 1 aromatic heterocycles. The normalized spacial score (nSPS) is 11.9. The van der Waals surface area contributed by atoms with Gasteiger partial charge in [0, 0.05) is 6.54 Å². The molecule has 0 fully saturated rings. The summed E-state index contributed by atoms with van der Waals surface area (Å²) in [6, 6.07) is 8.01. The van der Waals surface area contributed by atoms with Crippen LogP contribution in [0.25, 0.3) is 11.0 Å². The molecule has 5 nitrogen and oxygen atoms in total. The molecule has 1 amide bonds. The highest BCUT2D eigenvalue weighted by Crippen LogP contribution is 2.16. The molecule has 0 spiro atoms. The zero-order chi connectivity index (χ0) is 14.0. The number of nitrogens with two attached hydrogens (primary N) is 1. The number of carbonyl (C=O) groups is 1. The average Bonchev–Trinajstić information content (AvgIpc) is 2.73. The number of imidazole rings is 1. The Bertz CT molecular complexity index is 601. The number of aryl methyl sites for hydroxylation is 1. The molecule has 0 unspecified atom stereocenters. The van der Waals surface area contributed by atoms with Crippen molar-refractivity contribution in [3.8, 4) is 0 Å². The van der Waals surface area contributed by atoms with Crippen molar-refractivity contribution in [3.05, 3.63) is 30.1 Å². The van der Waals surface area contributed by atoms with Crippen molar-refractivity contribution in [1.82, 2.24) is 14.9 Å². The summed E-state index contributed by atoms with van der Waals surface area (Å²) < 4.78 is 2.14. The van der Waals surface area contributed by atoms with Gasteiger partial charge in [-0.15, -0.1) is 0 Å².